The highest BCUT2D eigenvalue weighted by molar-refractivity contribution is 7.09. The lowest BCUT2D eigenvalue weighted by Gasteiger charge is -2.33. The van der Waals surface area contributed by atoms with Gasteiger partial charge in [-0.3, -0.25) is 4.90 Å². The topological polar surface area (TPSA) is 28.2 Å². The molecule has 1 saturated carbocycles. The van der Waals surface area contributed by atoms with Crippen molar-refractivity contribution < 1.29 is 0 Å². The highest BCUT2D eigenvalue weighted by atomic mass is 32.1. The first kappa shape index (κ1) is 16.9. The molecule has 0 unspecified atom stereocenters. The standard InChI is InChI=1S/C17H31N3S/c1-4-20(16-8-6-5-7-9-16)12-15-13-21-17(19-15)11-18-10-14(2)3/h13-14,16,18H,4-12H2,1-3H3. The van der Waals surface area contributed by atoms with Crippen LogP contribution in [0.15, 0.2) is 5.38 Å². The molecule has 1 N–H and O–H groups in total. The van der Waals surface area contributed by atoms with Crippen molar-refractivity contribution in [2.24, 2.45) is 5.92 Å². The molecule has 1 fully saturated rings. The summed E-state index contributed by atoms with van der Waals surface area (Å²) in [6, 6.07) is 0.785. The summed E-state index contributed by atoms with van der Waals surface area (Å²) in [5.74, 6) is 0.700. The van der Waals surface area contributed by atoms with Crippen LogP contribution in [0.25, 0.3) is 0 Å². The fraction of sp³-hybridized carbons (Fsp3) is 0.824. The predicted octanol–water partition coefficient (Wildman–Crippen LogP) is 4.04. The molecule has 4 heteroatoms. The van der Waals surface area contributed by atoms with Crippen LogP contribution in [-0.4, -0.2) is 29.0 Å². The molecule has 0 aromatic carbocycles. The summed E-state index contributed by atoms with van der Waals surface area (Å²) in [7, 11) is 0. The van der Waals surface area contributed by atoms with Crippen LogP contribution in [0.4, 0.5) is 0 Å². The van der Waals surface area contributed by atoms with Crippen molar-refractivity contribution in [3.63, 3.8) is 0 Å². The van der Waals surface area contributed by atoms with E-state index in [1.807, 2.05) is 0 Å². The Balaban J connectivity index is 1.82. The number of nitrogens with zero attached hydrogens (tertiary/aromatic N) is 2. The second-order valence-electron chi connectivity index (χ2n) is 6.61. The second kappa shape index (κ2) is 8.86. The molecule has 0 bridgehead atoms. The normalized spacial score (nSPS) is 17.0. The molecule has 1 aliphatic rings. The highest BCUT2D eigenvalue weighted by Crippen LogP contribution is 2.24. The third-order valence-corrected chi connectivity index (χ3v) is 5.19. The summed E-state index contributed by atoms with van der Waals surface area (Å²) in [5.41, 5.74) is 1.26. The molecular weight excluding hydrogens is 278 g/mol. The van der Waals surface area contributed by atoms with Crippen molar-refractivity contribution in [3.05, 3.63) is 16.1 Å². The average molecular weight is 310 g/mol. The molecule has 0 amide bonds. The van der Waals surface area contributed by atoms with E-state index in [-0.39, 0.29) is 0 Å². The van der Waals surface area contributed by atoms with Crippen molar-refractivity contribution in [1.82, 2.24) is 15.2 Å². The zero-order valence-electron chi connectivity index (χ0n) is 13.9. The summed E-state index contributed by atoms with van der Waals surface area (Å²) in [4.78, 5) is 7.43. The Morgan fingerprint density at radius 2 is 2.10 bits per heavy atom. The molecule has 3 nitrogen and oxygen atoms in total. The maximum absolute atomic E-state index is 4.80. The first-order valence-electron chi connectivity index (χ1n) is 8.57. The summed E-state index contributed by atoms with van der Waals surface area (Å²) >= 11 is 1.80. The van der Waals surface area contributed by atoms with Gasteiger partial charge in [-0.2, -0.15) is 0 Å². The van der Waals surface area contributed by atoms with E-state index in [0.29, 0.717) is 5.92 Å². The van der Waals surface area contributed by atoms with Crippen LogP contribution in [0.2, 0.25) is 0 Å². The van der Waals surface area contributed by atoms with Gasteiger partial charge in [-0.25, -0.2) is 4.98 Å². The Kier molecular flexibility index (Phi) is 7.14. The number of nitrogens with one attached hydrogen (secondary N) is 1. The molecule has 1 aliphatic carbocycles. The van der Waals surface area contributed by atoms with Gasteiger partial charge in [0.15, 0.2) is 0 Å². The van der Waals surface area contributed by atoms with Gasteiger partial charge >= 0.3 is 0 Å². The lowest BCUT2D eigenvalue weighted by molar-refractivity contribution is 0.154. The van der Waals surface area contributed by atoms with Crippen molar-refractivity contribution >= 4 is 11.3 Å². The molecule has 21 heavy (non-hydrogen) atoms. The van der Waals surface area contributed by atoms with Crippen LogP contribution in [0.3, 0.4) is 0 Å². The summed E-state index contributed by atoms with van der Waals surface area (Å²) in [5, 5.41) is 6.95. The van der Waals surface area contributed by atoms with Crippen LogP contribution < -0.4 is 5.32 Å². The fourth-order valence-corrected chi connectivity index (χ4v) is 3.88. The van der Waals surface area contributed by atoms with E-state index in [0.717, 1.165) is 32.2 Å². The van der Waals surface area contributed by atoms with Gasteiger partial charge in [-0.05, 0) is 31.8 Å². The van der Waals surface area contributed by atoms with Gasteiger partial charge in [-0.15, -0.1) is 11.3 Å². The summed E-state index contributed by atoms with van der Waals surface area (Å²) < 4.78 is 0. The van der Waals surface area contributed by atoms with Crippen LogP contribution in [0.1, 0.15) is 63.6 Å². The minimum atomic E-state index is 0.700. The first-order chi connectivity index (χ1) is 10.2. The van der Waals surface area contributed by atoms with E-state index >= 15 is 0 Å². The van der Waals surface area contributed by atoms with Gasteiger partial charge < -0.3 is 5.32 Å². The van der Waals surface area contributed by atoms with Gasteiger partial charge in [0.05, 0.1) is 5.69 Å². The smallest absolute Gasteiger partial charge is 0.107 e. The van der Waals surface area contributed by atoms with Gasteiger partial charge in [-0.1, -0.05) is 40.0 Å². The zero-order chi connectivity index (χ0) is 15.1. The molecule has 1 aromatic rings. The molecule has 0 saturated heterocycles. The van der Waals surface area contributed by atoms with Crippen LogP contribution >= 0.6 is 11.3 Å². The minimum Gasteiger partial charge on any atom is -0.310 e. The SMILES string of the molecule is CCN(Cc1csc(CNCC(C)C)n1)C1CCCCC1. The van der Waals surface area contributed by atoms with E-state index in [4.69, 9.17) is 4.98 Å². The molecule has 0 spiro atoms. The Morgan fingerprint density at radius 3 is 2.76 bits per heavy atom. The van der Waals surface area contributed by atoms with Crippen molar-refractivity contribution in [2.45, 2.75) is 72.0 Å². The minimum absolute atomic E-state index is 0.700. The average Bonchev–Trinajstić information content (AvgIpc) is 2.93. The largest absolute Gasteiger partial charge is 0.310 e. The maximum atomic E-state index is 4.80. The first-order valence-corrected chi connectivity index (χ1v) is 9.45. The summed E-state index contributed by atoms with van der Waals surface area (Å²) in [6.45, 7) is 10.9. The van der Waals surface area contributed by atoms with Gasteiger partial charge in [0, 0.05) is 24.5 Å². The summed E-state index contributed by atoms with van der Waals surface area (Å²) in [6.07, 6.45) is 6.99. The Morgan fingerprint density at radius 1 is 1.33 bits per heavy atom. The molecule has 0 radical (unpaired) electrons. The Bertz CT molecular complexity index is 396. The Labute approximate surface area is 134 Å². The molecular formula is C17H31N3S. The number of rotatable bonds is 8. The second-order valence-corrected chi connectivity index (χ2v) is 7.55. The van der Waals surface area contributed by atoms with Gasteiger partial charge in [0.25, 0.3) is 0 Å². The van der Waals surface area contributed by atoms with Crippen LogP contribution in [-0.2, 0) is 13.1 Å². The molecule has 120 valence electrons. The Hall–Kier alpha value is -0.450. The van der Waals surface area contributed by atoms with E-state index in [2.05, 4.69) is 36.4 Å². The molecule has 0 aliphatic heterocycles. The maximum Gasteiger partial charge on any atom is 0.107 e. The molecule has 1 aromatic heterocycles. The zero-order valence-corrected chi connectivity index (χ0v) is 14.7. The molecule has 0 atom stereocenters. The van der Waals surface area contributed by atoms with E-state index in [1.54, 1.807) is 11.3 Å². The van der Waals surface area contributed by atoms with Crippen molar-refractivity contribution in [3.8, 4) is 0 Å². The fourth-order valence-electron chi connectivity index (χ4n) is 3.12. The van der Waals surface area contributed by atoms with Crippen LogP contribution in [0, 0.1) is 5.92 Å². The number of hydrogen-bond donors (Lipinski definition) is 1. The highest BCUT2D eigenvalue weighted by Gasteiger charge is 2.20. The third-order valence-electron chi connectivity index (χ3n) is 4.29. The van der Waals surface area contributed by atoms with E-state index in [9.17, 15) is 0 Å². The van der Waals surface area contributed by atoms with E-state index < -0.39 is 0 Å². The van der Waals surface area contributed by atoms with Gasteiger partial charge in [0.1, 0.15) is 5.01 Å². The quantitative estimate of drug-likeness (QED) is 0.785. The monoisotopic (exact) mass is 309 g/mol. The molecule has 2 rings (SSSR count). The van der Waals surface area contributed by atoms with Crippen LogP contribution in [0.5, 0.6) is 0 Å². The number of aromatic nitrogens is 1. The van der Waals surface area contributed by atoms with Crippen molar-refractivity contribution in [2.75, 3.05) is 13.1 Å². The third kappa shape index (κ3) is 5.68. The van der Waals surface area contributed by atoms with Crippen molar-refractivity contribution in [1.29, 1.82) is 0 Å². The number of hydrogen-bond acceptors (Lipinski definition) is 4. The lowest BCUT2D eigenvalue weighted by atomic mass is 9.94. The lowest BCUT2D eigenvalue weighted by Crippen LogP contribution is -2.36. The molecule has 1 heterocycles. The number of thiazole rings is 1. The van der Waals surface area contributed by atoms with E-state index in [1.165, 1.54) is 42.8 Å². The predicted molar refractivity (Wildman–Crippen MR) is 91.6 cm³/mol. The van der Waals surface area contributed by atoms with Gasteiger partial charge in [0.2, 0.25) is 0 Å².